The van der Waals surface area contributed by atoms with E-state index < -0.39 is 0 Å². The molecule has 4 aromatic rings. The number of anilines is 3. The Balaban J connectivity index is 1.45. The number of nitrogens with one attached hydrogen (secondary N) is 2. The van der Waals surface area contributed by atoms with Crippen molar-refractivity contribution in [3.8, 4) is 11.4 Å². The van der Waals surface area contributed by atoms with Gasteiger partial charge in [-0.15, -0.1) is 0 Å². The minimum Gasteiger partial charge on any atom is -0.492 e. The zero-order chi connectivity index (χ0) is 25.5. The van der Waals surface area contributed by atoms with Crippen LogP contribution in [0.5, 0.6) is 5.75 Å². The number of methoxy groups -OCH3 is 1. The zero-order valence-electron chi connectivity index (χ0n) is 21.2. The van der Waals surface area contributed by atoms with E-state index in [0.29, 0.717) is 40.8 Å². The first-order valence-electron chi connectivity index (χ1n) is 12.7. The minimum absolute atomic E-state index is 0.00404. The van der Waals surface area contributed by atoms with Crippen LogP contribution in [-0.2, 0) is 9.53 Å². The second-order valence-corrected chi connectivity index (χ2v) is 9.56. The number of imidazole rings is 1. The van der Waals surface area contributed by atoms with Gasteiger partial charge in [-0.1, -0.05) is 6.07 Å². The first kappa shape index (κ1) is 23.4. The lowest BCUT2D eigenvalue weighted by Gasteiger charge is -2.25. The molecule has 1 saturated heterocycles. The molecule has 2 aliphatic rings. The van der Waals surface area contributed by atoms with Gasteiger partial charge in [0.25, 0.3) is 0 Å². The zero-order valence-corrected chi connectivity index (χ0v) is 21.2. The van der Waals surface area contributed by atoms with Crippen molar-refractivity contribution in [2.45, 2.75) is 52.2 Å². The molecule has 1 aliphatic carbocycles. The monoisotopic (exact) mass is 502 g/mol. The van der Waals surface area contributed by atoms with Gasteiger partial charge in [0.2, 0.25) is 5.91 Å². The number of carbonyl (C=O) groups is 1. The van der Waals surface area contributed by atoms with E-state index in [1.807, 2.05) is 42.7 Å². The summed E-state index contributed by atoms with van der Waals surface area (Å²) < 4.78 is 15.6. The Morgan fingerprint density at radius 3 is 2.70 bits per heavy atom. The van der Waals surface area contributed by atoms with Crippen LogP contribution in [-0.4, -0.2) is 48.9 Å². The van der Waals surface area contributed by atoms with E-state index in [2.05, 4.69) is 20.7 Å². The van der Waals surface area contributed by atoms with Gasteiger partial charge in [0.05, 0.1) is 18.5 Å². The Kier molecular flexibility index (Phi) is 5.99. The molecule has 2 fully saturated rings. The third kappa shape index (κ3) is 4.50. The summed E-state index contributed by atoms with van der Waals surface area (Å²) >= 11 is 0. The minimum atomic E-state index is -0.137. The highest BCUT2D eigenvalue weighted by atomic mass is 16.5. The normalized spacial score (nSPS) is 17.6. The number of hydrogen-bond donors (Lipinski definition) is 2. The Morgan fingerprint density at radius 1 is 1.14 bits per heavy atom. The predicted molar refractivity (Wildman–Crippen MR) is 138 cm³/mol. The lowest BCUT2D eigenvalue weighted by atomic mass is 10.2. The highest BCUT2D eigenvalue weighted by Crippen LogP contribution is 2.38. The molecule has 37 heavy (non-hydrogen) atoms. The van der Waals surface area contributed by atoms with Gasteiger partial charge in [0.15, 0.2) is 11.4 Å². The Labute approximate surface area is 214 Å². The summed E-state index contributed by atoms with van der Waals surface area (Å²) in [6, 6.07) is 7.59. The van der Waals surface area contributed by atoms with Crippen molar-refractivity contribution in [2.75, 3.05) is 24.4 Å². The number of amides is 1. The fourth-order valence-corrected chi connectivity index (χ4v) is 4.80. The molecule has 1 unspecified atom stereocenters. The Bertz CT molecular complexity index is 1470. The Hall–Kier alpha value is -3.99. The molecule has 0 radical (unpaired) electrons. The van der Waals surface area contributed by atoms with Gasteiger partial charge in [-0.3, -0.25) is 9.36 Å². The highest BCUT2D eigenvalue weighted by Gasteiger charge is 2.30. The number of ether oxygens (including phenoxy) is 2. The SMILES string of the molecule is COc1c(Nc2cc(NC(=O)C3CC3)nc3c2nc(C)n3C2CCCCO2)cccc1-n1cnc(C)n1. The van der Waals surface area contributed by atoms with Gasteiger partial charge >= 0.3 is 0 Å². The van der Waals surface area contributed by atoms with Crippen molar-refractivity contribution in [1.29, 1.82) is 0 Å². The number of benzene rings is 1. The van der Waals surface area contributed by atoms with Gasteiger partial charge < -0.3 is 20.1 Å². The van der Waals surface area contributed by atoms with Crippen LogP contribution < -0.4 is 15.4 Å². The summed E-state index contributed by atoms with van der Waals surface area (Å²) in [5, 5.41) is 10.9. The summed E-state index contributed by atoms with van der Waals surface area (Å²) in [6.45, 7) is 4.50. The quantitative estimate of drug-likeness (QED) is 0.381. The molecular weight excluding hydrogens is 472 g/mol. The number of rotatable bonds is 7. The van der Waals surface area contributed by atoms with E-state index in [0.717, 1.165) is 49.3 Å². The molecule has 3 aromatic heterocycles. The van der Waals surface area contributed by atoms with Crippen molar-refractivity contribution in [3.63, 3.8) is 0 Å². The van der Waals surface area contributed by atoms with Gasteiger partial charge in [-0.25, -0.2) is 19.6 Å². The van der Waals surface area contributed by atoms with Crippen LogP contribution in [0.3, 0.4) is 0 Å². The van der Waals surface area contributed by atoms with E-state index in [1.54, 1.807) is 18.1 Å². The maximum Gasteiger partial charge on any atom is 0.228 e. The first-order chi connectivity index (χ1) is 18.0. The average Bonchev–Trinajstić information content (AvgIpc) is 3.58. The molecule has 1 saturated carbocycles. The standard InChI is InChI=1S/C26H30N8O3/c1-15-27-14-33(32-15)20-8-6-7-18(24(20)36-3)29-19-13-21(31-26(35)17-10-11-17)30-25-23(19)28-16(2)34(25)22-9-4-5-12-37-22/h6-8,13-14,17,22H,4-5,9-12H2,1-3H3,(H2,29,30,31,35). The van der Waals surface area contributed by atoms with Gasteiger partial charge in [-0.05, 0) is 58.1 Å². The van der Waals surface area contributed by atoms with Crippen molar-refractivity contribution in [2.24, 2.45) is 5.92 Å². The number of hydrogen-bond acceptors (Lipinski definition) is 8. The van der Waals surface area contributed by atoms with E-state index in [4.69, 9.17) is 19.4 Å². The number of carbonyl (C=O) groups excluding carboxylic acids is 1. The summed E-state index contributed by atoms with van der Waals surface area (Å²) in [6.07, 6.45) is 6.37. The number of aromatic nitrogens is 6. The molecule has 4 heterocycles. The van der Waals surface area contributed by atoms with Crippen LogP contribution in [0, 0.1) is 19.8 Å². The molecule has 11 nitrogen and oxygen atoms in total. The van der Waals surface area contributed by atoms with Crippen molar-refractivity contribution in [3.05, 3.63) is 42.2 Å². The van der Waals surface area contributed by atoms with Crippen molar-refractivity contribution < 1.29 is 14.3 Å². The topological polar surface area (TPSA) is 121 Å². The number of para-hydroxylation sites is 1. The molecule has 0 bridgehead atoms. The largest absolute Gasteiger partial charge is 0.492 e. The van der Waals surface area contributed by atoms with Crippen LogP contribution in [0.15, 0.2) is 30.6 Å². The third-order valence-electron chi connectivity index (χ3n) is 6.79. The molecule has 11 heteroatoms. The molecule has 1 atom stereocenters. The van der Waals surface area contributed by atoms with Crippen molar-refractivity contribution in [1.82, 2.24) is 29.3 Å². The van der Waals surface area contributed by atoms with Crippen molar-refractivity contribution >= 4 is 34.3 Å². The second-order valence-electron chi connectivity index (χ2n) is 9.56. The molecular formula is C26H30N8O3. The van der Waals surface area contributed by atoms with E-state index in [9.17, 15) is 4.79 Å². The van der Waals surface area contributed by atoms with Gasteiger partial charge in [0.1, 0.15) is 41.2 Å². The summed E-state index contributed by atoms with van der Waals surface area (Å²) in [5.74, 6) is 2.61. The lowest BCUT2D eigenvalue weighted by Crippen LogP contribution is -2.20. The summed E-state index contributed by atoms with van der Waals surface area (Å²) in [7, 11) is 1.62. The summed E-state index contributed by atoms with van der Waals surface area (Å²) in [4.78, 5) is 26.6. The number of pyridine rings is 1. The highest BCUT2D eigenvalue weighted by molar-refractivity contribution is 5.97. The molecule has 1 aliphatic heterocycles. The first-order valence-corrected chi connectivity index (χ1v) is 12.7. The molecule has 1 aromatic carbocycles. The predicted octanol–water partition coefficient (Wildman–Crippen LogP) is 4.43. The smallest absolute Gasteiger partial charge is 0.228 e. The van der Waals surface area contributed by atoms with Crippen LogP contribution in [0.4, 0.5) is 17.2 Å². The lowest BCUT2D eigenvalue weighted by molar-refractivity contribution is -0.117. The molecule has 2 N–H and O–H groups in total. The average molecular weight is 503 g/mol. The fourth-order valence-electron chi connectivity index (χ4n) is 4.80. The van der Waals surface area contributed by atoms with Gasteiger partial charge in [0, 0.05) is 18.6 Å². The third-order valence-corrected chi connectivity index (χ3v) is 6.79. The molecule has 192 valence electrons. The van der Waals surface area contributed by atoms with Gasteiger partial charge in [-0.2, -0.15) is 5.10 Å². The van der Waals surface area contributed by atoms with Crippen LogP contribution in [0.25, 0.3) is 16.9 Å². The summed E-state index contributed by atoms with van der Waals surface area (Å²) in [5.41, 5.74) is 3.54. The van der Waals surface area contributed by atoms with Crippen LogP contribution >= 0.6 is 0 Å². The molecule has 0 spiro atoms. The van der Waals surface area contributed by atoms with E-state index in [1.165, 1.54) is 0 Å². The number of nitrogens with zero attached hydrogens (tertiary/aromatic N) is 6. The van der Waals surface area contributed by atoms with E-state index in [-0.39, 0.29) is 18.1 Å². The van der Waals surface area contributed by atoms with Crippen LogP contribution in [0.1, 0.15) is 50.0 Å². The second kappa shape index (κ2) is 9.47. The number of fused-ring (bicyclic) bond motifs is 1. The molecule has 1 amide bonds. The maximum atomic E-state index is 12.6. The van der Waals surface area contributed by atoms with Crippen LogP contribution in [0.2, 0.25) is 0 Å². The van der Waals surface area contributed by atoms with E-state index >= 15 is 0 Å². The maximum absolute atomic E-state index is 12.6. The molecule has 6 rings (SSSR count). The number of aryl methyl sites for hydroxylation is 2. The Morgan fingerprint density at radius 2 is 2.00 bits per heavy atom. The fraction of sp³-hybridized carbons (Fsp3) is 0.423.